The number of carbonyl (C=O) groups excluding carboxylic acids is 5. The smallest absolute Gasteiger partial charge is 0.308 e. The van der Waals surface area contributed by atoms with Crippen molar-refractivity contribution in [2.75, 3.05) is 6.61 Å². The Morgan fingerprint density at radius 1 is 0.622 bits per heavy atom. The van der Waals surface area contributed by atoms with Crippen LogP contribution in [0.5, 0.6) is 0 Å². The monoisotopic (exact) mass is 614 g/mol. The third-order valence-corrected chi connectivity index (χ3v) is 10.7. The van der Waals surface area contributed by atoms with E-state index in [9.17, 15) is 24.0 Å². The van der Waals surface area contributed by atoms with Gasteiger partial charge in [-0.15, -0.1) is 0 Å². The Labute approximate surface area is 265 Å². The molecule has 2 saturated carbocycles. The summed E-state index contributed by atoms with van der Waals surface area (Å²) in [6.07, 6.45) is 13.7. The largest absolute Gasteiger partial charge is 0.465 e. The quantitative estimate of drug-likeness (QED) is 0.148. The summed E-state index contributed by atoms with van der Waals surface area (Å²) < 4.78 is 5.47. The molecular formula is C37H46N2O6. The molecule has 45 heavy (non-hydrogen) atoms. The van der Waals surface area contributed by atoms with Crippen molar-refractivity contribution < 1.29 is 28.7 Å². The first-order valence-electron chi connectivity index (χ1n) is 17.4. The second kappa shape index (κ2) is 13.4. The Balaban J connectivity index is 1.18. The van der Waals surface area contributed by atoms with Crippen molar-refractivity contribution in [3.63, 3.8) is 0 Å². The molecule has 2 aliphatic carbocycles. The van der Waals surface area contributed by atoms with Gasteiger partial charge in [-0.1, -0.05) is 52.4 Å². The van der Waals surface area contributed by atoms with Crippen molar-refractivity contribution in [3.8, 4) is 0 Å². The molecule has 6 rings (SSSR count). The fraction of sp³-hybridized carbons (Fsp3) is 0.595. The Kier molecular flexibility index (Phi) is 9.39. The predicted molar refractivity (Wildman–Crippen MR) is 171 cm³/mol. The zero-order valence-electron chi connectivity index (χ0n) is 26.8. The predicted octanol–water partition coefficient (Wildman–Crippen LogP) is 7.46. The van der Waals surface area contributed by atoms with Gasteiger partial charge in [0, 0.05) is 45.1 Å². The molecule has 8 nitrogen and oxygen atoms in total. The minimum absolute atomic E-state index is 0.134. The molecule has 4 amide bonds. The van der Waals surface area contributed by atoms with E-state index in [1.165, 1.54) is 35.5 Å². The zero-order valence-corrected chi connectivity index (χ0v) is 26.8. The summed E-state index contributed by atoms with van der Waals surface area (Å²) >= 11 is 0. The molecule has 2 fully saturated rings. The van der Waals surface area contributed by atoms with E-state index in [1.54, 1.807) is 24.3 Å². The van der Waals surface area contributed by atoms with Crippen molar-refractivity contribution >= 4 is 40.4 Å². The van der Waals surface area contributed by atoms with E-state index in [4.69, 9.17) is 4.74 Å². The summed E-state index contributed by atoms with van der Waals surface area (Å²) in [5, 5.41) is 0.849. The fourth-order valence-electron chi connectivity index (χ4n) is 8.16. The van der Waals surface area contributed by atoms with Gasteiger partial charge in [0.2, 0.25) is 0 Å². The molecule has 2 aromatic rings. The first-order valence-corrected chi connectivity index (χ1v) is 17.4. The van der Waals surface area contributed by atoms with Crippen LogP contribution >= 0.6 is 0 Å². The van der Waals surface area contributed by atoms with Crippen molar-refractivity contribution in [3.05, 3.63) is 46.5 Å². The average Bonchev–Trinajstić information content (AvgIpc) is 3.05. The lowest BCUT2D eigenvalue weighted by molar-refractivity contribution is -0.150. The minimum Gasteiger partial charge on any atom is -0.465 e. The summed E-state index contributed by atoms with van der Waals surface area (Å²) in [7, 11) is 0. The van der Waals surface area contributed by atoms with E-state index < -0.39 is 11.8 Å². The highest BCUT2D eigenvalue weighted by Crippen LogP contribution is 2.42. The highest BCUT2D eigenvalue weighted by atomic mass is 16.5. The number of hydrogen-bond acceptors (Lipinski definition) is 6. The first kappa shape index (κ1) is 31.4. The number of unbranched alkanes of at least 4 members (excludes halogenated alkanes) is 4. The lowest BCUT2D eigenvalue weighted by atomic mass is 9.80. The SMILES string of the molecule is CCCCCOC(=O)C1CCC(N2C(=O)c3ccc4c5c(ccc(c35)C2=O)C(=O)N(C2CCC(CCCCC)CC2)C4=O)CC1. The summed E-state index contributed by atoms with van der Waals surface area (Å²) in [4.78, 5) is 70.9. The Hall–Kier alpha value is -3.55. The van der Waals surface area contributed by atoms with Crippen LogP contribution in [0, 0.1) is 11.8 Å². The van der Waals surface area contributed by atoms with Crippen LogP contribution < -0.4 is 0 Å². The number of hydrogen-bond donors (Lipinski definition) is 0. The van der Waals surface area contributed by atoms with E-state index in [1.807, 2.05) is 0 Å². The van der Waals surface area contributed by atoms with Gasteiger partial charge in [-0.3, -0.25) is 33.8 Å². The van der Waals surface area contributed by atoms with Crippen LogP contribution in [0.1, 0.15) is 152 Å². The van der Waals surface area contributed by atoms with E-state index in [2.05, 4.69) is 13.8 Å². The Morgan fingerprint density at radius 3 is 1.49 bits per heavy atom. The van der Waals surface area contributed by atoms with Crippen molar-refractivity contribution in [1.82, 2.24) is 9.80 Å². The molecule has 2 aromatic carbocycles. The van der Waals surface area contributed by atoms with Gasteiger partial charge in [-0.05, 0) is 88.0 Å². The molecule has 0 unspecified atom stereocenters. The highest BCUT2D eigenvalue weighted by Gasteiger charge is 2.44. The molecule has 0 bridgehead atoms. The van der Waals surface area contributed by atoms with Crippen LogP contribution in [0.2, 0.25) is 0 Å². The number of rotatable bonds is 11. The summed E-state index contributed by atoms with van der Waals surface area (Å²) in [6.45, 7) is 4.75. The minimum atomic E-state index is -0.398. The molecule has 0 saturated heterocycles. The third-order valence-electron chi connectivity index (χ3n) is 10.7. The lowest BCUT2D eigenvalue weighted by Crippen LogP contribution is -2.50. The van der Waals surface area contributed by atoms with Gasteiger partial charge in [0.05, 0.1) is 12.5 Å². The number of carbonyl (C=O) groups is 5. The number of ether oxygens (including phenoxy) is 1. The molecule has 2 heterocycles. The van der Waals surface area contributed by atoms with Gasteiger partial charge in [-0.25, -0.2) is 0 Å². The molecule has 0 spiro atoms. The van der Waals surface area contributed by atoms with Gasteiger partial charge in [0.25, 0.3) is 23.6 Å². The van der Waals surface area contributed by atoms with Gasteiger partial charge >= 0.3 is 5.97 Å². The molecule has 8 heteroatoms. The van der Waals surface area contributed by atoms with Gasteiger partial charge in [0.15, 0.2) is 0 Å². The molecule has 0 atom stereocenters. The Bertz CT molecular complexity index is 1430. The molecule has 2 aliphatic heterocycles. The molecule has 4 aliphatic rings. The molecule has 0 N–H and O–H groups in total. The number of benzene rings is 2. The molecular weight excluding hydrogens is 568 g/mol. The van der Waals surface area contributed by atoms with E-state index in [0.29, 0.717) is 71.2 Å². The van der Waals surface area contributed by atoms with Crippen LogP contribution in [-0.2, 0) is 9.53 Å². The fourth-order valence-corrected chi connectivity index (χ4v) is 8.16. The first-order chi connectivity index (χ1) is 21.8. The third kappa shape index (κ3) is 5.81. The Morgan fingerprint density at radius 2 is 1.04 bits per heavy atom. The summed E-state index contributed by atoms with van der Waals surface area (Å²) in [5.74, 6) is -1.20. The molecule has 0 aromatic heterocycles. The standard InChI is InChI=1S/C37H46N2O6/c1-3-5-7-9-23-10-14-25(15-11-23)38-33(40)27-18-20-29-32-30(21-19-28(31(27)32)34(38)41)36(43)39(35(29)42)26-16-12-24(13-17-26)37(44)45-22-8-6-4-2/h18-21,23-26H,3-17,22H2,1-2H3. The summed E-state index contributed by atoms with van der Waals surface area (Å²) in [5.41, 5.74) is 1.48. The van der Waals surface area contributed by atoms with Gasteiger partial charge < -0.3 is 4.74 Å². The van der Waals surface area contributed by atoms with E-state index in [-0.39, 0.29) is 35.8 Å². The zero-order chi connectivity index (χ0) is 31.7. The number of nitrogens with zero attached hydrogens (tertiary/aromatic N) is 2. The average molecular weight is 615 g/mol. The second-order valence-electron chi connectivity index (χ2n) is 13.6. The normalized spacial score (nSPS) is 24.8. The molecule has 0 radical (unpaired) electrons. The van der Waals surface area contributed by atoms with Crippen LogP contribution in [0.3, 0.4) is 0 Å². The maximum absolute atomic E-state index is 13.9. The van der Waals surface area contributed by atoms with E-state index in [0.717, 1.165) is 44.9 Å². The van der Waals surface area contributed by atoms with Crippen molar-refractivity contribution in [1.29, 1.82) is 0 Å². The van der Waals surface area contributed by atoms with Crippen LogP contribution in [0.15, 0.2) is 24.3 Å². The maximum atomic E-state index is 13.9. The van der Waals surface area contributed by atoms with Crippen molar-refractivity contribution in [2.24, 2.45) is 11.8 Å². The lowest BCUT2D eigenvalue weighted by Gasteiger charge is -2.40. The van der Waals surface area contributed by atoms with Crippen LogP contribution in [0.4, 0.5) is 0 Å². The molecule has 240 valence electrons. The van der Waals surface area contributed by atoms with E-state index >= 15 is 0 Å². The number of esters is 1. The number of imide groups is 2. The highest BCUT2D eigenvalue weighted by molar-refractivity contribution is 6.33. The maximum Gasteiger partial charge on any atom is 0.308 e. The van der Waals surface area contributed by atoms with Crippen molar-refractivity contribution in [2.45, 2.75) is 122 Å². The summed E-state index contributed by atoms with van der Waals surface area (Å²) in [6, 6.07) is 6.19. The van der Waals surface area contributed by atoms with Crippen LogP contribution in [0.25, 0.3) is 10.8 Å². The van der Waals surface area contributed by atoms with Crippen LogP contribution in [-0.4, -0.2) is 58.1 Å². The van der Waals surface area contributed by atoms with Gasteiger partial charge in [-0.2, -0.15) is 0 Å². The second-order valence-corrected chi connectivity index (χ2v) is 13.6. The van der Waals surface area contributed by atoms with Gasteiger partial charge in [0.1, 0.15) is 0 Å². The number of amides is 4. The topological polar surface area (TPSA) is 101 Å².